The van der Waals surface area contributed by atoms with Crippen molar-refractivity contribution in [1.82, 2.24) is 10.2 Å². The maximum atomic E-state index is 12.3. The number of carbonyl (C=O) groups is 1. The van der Waals surface area contributed by atoms with Crippen LogP contribution in [0.3, 0.4) is 0 Å². The Bertz CT molecular complexity index is 216. The molecule has 1 heterocycles. The molecule has 0 spiro atoms. The lowest BCUT2D eigenvalue weighted by Gasteiger charge is -2.30. The predicted octanol–water partition coefficient (Wildman–Crippen LogP) is 1.78. The molecule has 0 aromatic rings. The van der Waals surface area contributed by atoms with Crippen molar-refractivity contribution in [2.45, 2.75) is 44.9 Å². The van der Waals surface area contributed by atoms with Crippen LogP contribution in [0.1, 0.15) is 44.9 Å². The van der Waals surface area contributed by atoms with Crippen LogP contribution in [-0.2, 0) is 4.79 Å². The van der Waals surface area contributed by atoms with Crippen molar-refractivity contribution in [3.63, 3.8) is 0 Å². The van der Waals surface area contributed by atoms with Crippen molar-refractivity contribution >= 4 is 5.91 Å². The zero-order valence-corrected chi connectivity index (χ0v) is 10.2. The Morgan fingerprint density at radius 3 is 2.56 bits per heavy atom. The highest BCUT2D eigenvalue weighted by molar-refractivity contribution is 5.78. The van der Waals surface area contributed by atoms with E-state index in [9.17, 15) is 4.79 Å². The van der Waals surface area contributed by atoms with Gasteiger partial charge in [0.1, 0.15) is 0 Å². The second-order valence-corrected chi connectivity index (χ2v) is 5.12. The molecule has 1 aliphatic heterocycles. The van der Waals surface area contributed by atoms with E-state index in [2.05, 4.69) is 10.2 Å². The van der Waals surface area contributed by atoms with E-state index in [4.69, 9.17) is 0 Å². The Balaban J connectivity index is 1.85. The third kappa shape index (κ3) is 3.21. The maximum absolute atomic E-state index is 12.3. The fourth-order valence-electron chi connectivity index (χ4n) is 2.83. The van der Waals surface area contributed by atoms with Crippen molar-refractivity contribution in [3.05, 3.63) is 0 Å². The van der Waals surface area contributed by atoms with Crippen LogP contribution < -0.4 is 5.32 Å². The number of carbonyl (C=O) groups excluding carboxylic acids is 1. The third-order valence-electron chi connectivity index (χ3n) is 3.86. The van der Waals surface area contributed by atoms with Gasteiger partial charge in [-0.15, -0.1) is 0 Å². The number of hydrogen-bond acceptors (Lipinski definition) is 2. The van der Waals surface area contributed by atoms with E-state index < -0.39 is 0 Å². The maximum Gasteiger partial charge on any atom is 0.225 e. The summed E-state index contributed by atoms with van der Waals surface area (Å²) in [6.07, 6.45) is 8.45. The highest BCUT2D eigenvalue weighted by Gasteiger charge is 2.25. The van der Waals surface area contributed by atoms with Gasteiger partial charge < -0.3 is 10.2 Å². The summed E-state index contributed by atoms with van der Waals surface area (Å²) in [5, 5.41) is 3.38. The van der Waals surface area contributed by atoms with Gasteiger partial charge in [-0.05, 0) is 32.2 Å². The molecule has 92 valence electrons. The van der Waals surface area contributed by atoms with Crippen molar-refractivity contribution < 1.29 is 4.79 Å². The van der Waals surface area contributed by atoms with Gasteiger partial charge in [0.15, 0.2) is 0 Å². The first kappa shape index (κ1) is 11.9. The Kier molecular flexibility index (Phi) is 4.64. The first-order valence-corrected chi connectivity index (χ1v) is 6.87. The Hall–Kier alpha value is -0.570. The summed E-state index contributed by atoms with van der Waals surface area (Å²) in [6, 6.07) is 0. The predicted molar refractivity (Wildman–Crippen MR) is 65.3 cm³/mol. The molecule has 1 amide bonds. The van der Waals surface area contributed by atoms with Crippen LogP contribution in [0.4, 0.5) is 0 Å². The number of nitrogens with one attached hydrogen (secondary N) is 1. The molecule has 0 aromatic carbocycles. The molecule has 0 atom stereocenters. The third-order valence-corrected chi connectivity index (χ3v) is 3.86. The van der Waals surface area contributed by atoms with Gasteiger partial charge >= 0.3 is 0 Å². The largest absolute Gasteiger partial charge is 0.341 e. The molecule has 1 N–H and O–H groups in total. The molecule has 0 unspecified atom stereocenters. The molecule has 3 nitrogen and oxygen atoms in total. The molecule has 2 rings (SSSR count). The van der Waals surface area contributed by atoms with Gasteiger partial charge in [-0.1, -0.05) is 19.3 Å². The van der Waals surface area contributed by atoms with E-state index in [0.717, 1.165) is 45.4 Å². The zero-order chi connectivity index (χ0) is 11.2. The van der Waals surface area contributed by atoms with Crippen LogP contribution in [0.5, 0.6) is 0 Å². The normalized spacial score (nSPS) is 24.9. The van der Waals surface area contributed by atoms with Gasteiger partial charge in [-0.2, -0.15) is 0 Å². The van der Waals surface area contributed by atoms with E-state index >= 15 is 0 Å². The highest BCUT2D eigenvalue weighted by atomic mass is 16.2. The molecule has 1 saturated carbocycles. The number of rotatable bonds is 1. The van der Waals surface area contributed by atoms with Crippen LogP contribution in [0.25, 0.3) is 0 Å². The van der Waals surface area contributed by atoms with Crippen molar-refractivity contribution in [3.8, 4) is 0 Å². The molecule has 0 bridgehead atoms. The van der Waals surface area contributed by atoms with Crippen molar-refractivity contribution in [2.24, 2.45) is 5.92 Å². The summed E-state index contributed by atoms with van der Waals surface area (Å²) in [5.41, 5.74) is 0. The molecule has 2 fully saturated rings. The summed E-state index contributed by atoms with van der Waals surface area (Å²) in [6.45, 7) is 3.98. The van der Waals surface area contributed by atoms with Crippen LogP contribution in [-0.4, -0.2) is 37.0 Å². The SMILES string of the molecule is O=C(C1CCCCC1)N1CCCCNCC1. The lowest BCUT2D eigenvalue weighted by molar-refractivity contribution is -0.136. The minimum absolute atomic E-state index is 0.341. The Labute approximate surface area is 98.6 Å². The molecular weight excluding hydrogens is 200 g/mol. The second-order valence-electron chi connectivity index (χ2n) is 5.12. The Morgan fingerprint density at radius 2 is 1.75 bits per heavy atom. The number of nitrogens with zero attached hydrogens (tertiary/aromatic N) is 1. The zero-order valence-electron chi connectivity index (χ0n) is 10.2. The van der Waals surface area contributed by atoms with Gasteiger partial charge in [0.05, 0.1) is 0 Å². The van der Waals surface area contributed by atoms with Gasteiger partial charge in [0.25, 0.3) is 0 Å². The fourth-order valence-corrected chi connectivity index (χ4v) is 2.83. The molecule has 3 heteroatoms. The number of amides is 1. The molecule has 1 aliphatic carbocycles. The first-order valence-electron chi connectivity index (χ1n) is 6.87. The van der Waals surface area contributed by atoms with Gasteiger partial charge in [0, 0.05) is 25.6 Å². The van der Waals surface area contributed by atoms with Crippen LogP contribution in [0.15, 0.2) is 0 Å². The minimum Gasteiger partial charge on any atom is -0.341 e. The van der Waals surface area contributed by atoms with Gasteiger partial charge in [-0.3, -0.25) is 4.79 Å². The molecule has 16 heavy (non-hydrogen) atoms. The fraction of sp³-hybridized carbons (Fsp3) is 0.923. The molecule has 0 radical (unpaired) electrons. The topological polar surface area (TPSA) is 32.3 Å². The van der Waals surface area contributed by atoms with E-state index in [0.29, 0.717) is 11.8 Å². The number of hydrogen-bond donors (Lipinski definition) is 1. The quantitative estimate of drug-likeness (QED) is 0.736. The lowest BCUT2D eigenvalue weighted by Crippen LogP contribution is -2.43. The van der Waals surface area contributed by atoms with Gasteiger partial charge in [0.2, 0.25) is 5.91 Å². The van der Waals surface area contributed by atoms with E-state index in [1.54, 1.807) is 0 Å². The molecular formula is C13H24N2O. The van der Waals surface area contributed by atoms with Crippen LogP contribution in [0, 0.1) is 5.92 Å². The average Bonchev–Trinajstić information content (AvgIpc) is 2.29. The highest BCUT2D eigenvalue weighted by Crippen LogP contribution is 2.25. The minimum atomic E-state index is 0.341. The lowest BCUT2D eigenvalue weighted by atomic mass is 9.88. The standard InChI is InChI=1S/C13H24N2O/c16-13(12-6-2-1-3-7-12)15-10-5-4-8-14-9-11-15/h12,14H,1-11H2. The summed E-state index contributed by atoms with van der Waals surface area (Å²) in [4.78, 5) is 14.4. The monoisotopic (exact) mass is 224 g/mol. The molecule has 1 saturated heterocycles. The first-order chi connectivity index (χ1) is 7.88. The second kappa shape index (κ2) is 6.24. The molecule has 2 aliphatic rings. The Morgan fingerprint density at radius 1 is 0.938 bits per heavy atom. The van der Waals surface area contributed by atoms with Crippen molar-refractivity contribution in [2.75, 3.05) is 26.2 Å². The van der Waals surface area contributed by atoms with Gasteiger partial charge in [-0.25, -0.2) is 0 Å². The van der Waals surface area contributed by atoms with Crippen LogP contribution >= 0.6 is 0 Å². The van der Waals surface area contributed by atoms with E-state index in [-0.39, 0.29) is 0 Å². The van der Waals surface area contributed by atoms with Crippen LogP contribution in [0.2, 0.25) is 0 Å². The van der Waals surface area contributed by atoms with Crippen molar-refractivity contribution in [1.29, 1.82) is 0 Å². The summed E-state index contributed by atoms with van der Waals surface area (Å²) in [5.74, 6) is 0.775. The summed E-state index contributed by atoms with van der Waals surface area (Å²) in [7, 11) is 0. The smallest absolute Gasteiger partial charge is 0.225 e. The molecule has 0 aromatic heterocycles. The van der Waals surface area contributed by atoms with E-state index in [1.807, 2.05) is 0 Å². The average molecular weight is 224 g/mol. The summed E-state index contributed by atoms with van der Waals surface area (Å²) >= 11 is 0. The van der Waals surface area contributed by atoms with E-state index in [1.165, 1.54) is 25.7 Å². The summed E-state index contributed by atoms with van der Waals surface area (Å²) < 4.78 is 0.